The first-order valence-corrected chi connectivity index (χ1v) is 11.0. The SMILES string of the molecule is COc1cccc(CNC(=O)c2cnc([C@H]3CCCN(C(=O)c4ccccn4)C3)nc2C)c1. The van der Waals surface area contributed by atoms with E-state index >= 15 is 0 Å². The Morgan fingerprint density at radius 3 is 2.82 bits per heavy atom. The second-order valence-electron chi connectivity index (χ2n) is 8.07. The molecule has 1 aliphatic heterocycles. The highest BCUT2D eigenvalue weighted by molar-refractivity contribution is 5.94. The van der Waals surface area contributed by atoms with Crippen molar-refractivity contribution in [2.75, 3.05) is 20.2 Å². The molecule has 8 nitrogen and oxygen atoms in total. The van der Waals surface area contributed by atoms with E-state index < -0.39 is 0 Å². The molecule has 4 rings (SSSR count). The first kappa shape index (κ1) is 22.4. The van der Waals surface area contributed by atoms with Crippen LogP contribution < -0.4 is 10.1 Å². The lowest BCUT2D eigenvalue weighted by molar-refractivity contribution is 0.0698. The van der Waals surface area contributed by atoms with Gasteiger partial charge in [-0.05, 0) is 49.6 Å². The summed E-state index contributed by atoms with van der Waals surface area (Å²) in [7, 11) is 1.61. The Balaban J connectivity index is 1.41. The number of piperidine rings is 1. The number of rotatable bonds is 6. The molecule has 33 heavy (non-hydrogen) atoms. The summed E-state index contributed by atoms with van der Waals surface area (Å²) >= 11 is 0. The monoisotopic (exact) mass is 445 g/mol. The molecule has 2 aromatic heterocycles. The number of carbonyl (C=O) groups is 2. The standard InChI is InChI=1S/C25H27N5O3/c1-17-21(24(31)28-14-18-7-5-9-20(13-18)33-2)15-27-23(29-17)19-8-6-12-30(16-19)25(32)22-10-3-4-11-26-22/h3-5,7,9-11,13,15,19H,6,8,12,14,16H2,1-2H3,(H,28,31)/t19-/m0/s1. The number of amides is 2. The third-order valence-electron chi connectivity index (χ3n) is 5.79. The number of aromatic nitrogens is 3. The van der Waals surface area contributed by atoms with Gasteiger partial charge in [0.1, 0.15) is 17.3 Å². The summed E-state index contributed by atoms with van der Waals surface area (Å²) in [5.74, 6) is 1.13. The average Bonchev–Trinajstić information content (AvgIpc) is 2.87. The van der Waals surface area contributed by atoms with E-state index in [4.69, 9.17) is 4.74 Å². The molecule has 170 valence electrons. The van der Waals surface area contributed by atoms with Crippen molar-refractivity contribution in [3.63, 3.8) is 0 Å². The molecule has 1 aliphatic rings. The van der Waals surface area contributed by atoms with Crippen molar-refractivity contribution < 1.29 is 14.3 Å². The minimum absolute atomic E-state index is 0.0269. The third-order valence-corrected chi connectivity index (χ3v) is 5.79. The van der Waals surface area contributed by atoms with Crippen LogP contribution in [0.2, 0.25) is 0 Å². The molecule has 2 amide bonds. The molecule has 0 unspecified atom stereocenters. The van der Waals surface area contributed by atoms with Gasteiger partial charge >= 0.3 is 0 Å². The number of hydrogen-bond donors (Lipinski definition) is 1. The van der Waals surface area contributed by atoms with E-state index in [9.17, 15) is 9.59 Å². The van der Waals surface area contributed by atoms with Gasteiger partial charge in [-0.1, -0.05) is 18.2 Å². The average molecular weight is 446 g/mol. The van der Waals surface area contributed by atoms with Crippen LogP contribution in [0, 0.1) is 6.92 Å². The summed E-state index contributed by atoms with van der Waals surface area (Å²) in [5, 5.41) is 2.91. The van der Waals surface area contributed by atoms with Crippen molar-refractivity contribution >= 4 is 11.8 Å². The molecule has 1 N–H and O–H groups in total. The number of methoxy groups -OCH3 is 1. The second-order valence-corrected chi connectivity index (χ2v) is 8.07. The van der Waals surface area contributed by atoms with Gasteiger partial charge in [0.15, 0.2) is 0 Å². The zero-order valence-corrected chi connectivity index (χ0v) is 18.8. The summed E-state index contributed by atoms with van der Waals surface area (Å²) in [5.41, 5.74) is 2.45. The van der Waals surface area contributed by atoms with E-state index in [-0.39, 0.29) is 17.7 Å². The van der Waals surface area contributed by atoms with Crippen molar-refractivity contribution in [1.82, 2.24) is 25.2 Å². The van der Waals surface area contributed by atoms with Gasteiger partial charge < -0.3 is 15.0 Å². The molecular weight excluding hydrogens is 418 g/mol. The number of likely N-dealkylation sites (tertiary alicyclic amines) is 1. The molecule has 3 heterocycles. The van der Waals surface area contributed by atoms with Crippen LogP contribution in [0.1, 0.15) is 56.7 Å². The summed E-state index contributed by atoms with van der Waals surface area (Å²) in [6.45, 7) is 3.42. The predicted octanol–water partition coefficient (Wildman–Crippen LogP) is 3.14. The van der Waals surface area contributed by atoms with Crippen LogP contribution in [0.4, 0.5) is 0 Å². The maximum Gasteiger partial charge on any atom is 0.272 e. The Kier molecular flexibility index (Phi) is 6.92. The fraction of sp³-hybridized carbons (Fsp3) is 0.320. The number of nitrogens with zero attached hydrogens (tertiary/aromatic N) is 4. The quantitative estimate of drug-likeness (QED) is 0.626. The van der Waals surface area contributed by atoms with E-state index in [1.54, 1.807) is 31.6 Å². The summed E-state index contributed by atoms with van der Waals surface area (Å²) in [4.78, 5) is 40.6. The molecule has 8 heteroatoms. The van der Waals surface area contributed by atoms with Gasteiger partial charge in [0.2, 0.25) is 0 Å². The number of aryl methyl sites for hydroxylation is 1. The van der Waals surface area contributed by atoms with E-state index in [1.165, 1.54) is 0 Å². The van der Waals surface area contributed by atoms with E-state index in [1.807, 2.05) is 42.2 Å². The van der Waals surface area contributed by atoms with Gasteiger partial charge in [-0.25, -0.2) is 9.97 Å². The highest BCUT2D eigenvalue weighted by Gasteiger charge is 2.28. The molecule has 0 radical (unpaired) electrons. The Morgan fingerprint density at radius 1 is 1.18 bits per heavy atom. The summed E-state index contributed by atoms with van der Waals surface area (Å²) in [6, 6.07) is 12.9. The Bertz CT molecular complexity index is 1140. The Hall–Kier alpha value is -3.81. The molecular formula is C25H27N5O3. The van der Waals surface area contributed by atoms with Crippen LogP contribution in [0.15, 0.2) is 54.9 Å². The topological polar surface area (TPSA) is 97.3 Å². The number of carbonyl (C=O) groups excluding carboxylic acids is 2. The maximum atomic E-state index is 12.8. The van der Waals surface area contributed by atoms with Crippen LogP contribution in [-0.4, -0.2) is 51.9 Å². The number of pyridine rings is 1. The number of nitrogens with one attached hydrogen (secondary N) is 1. The van der Waals surface area contributed by atoms with Gasteiger partial charge in [0.05, 0.1) is 18.4 Å². The summed E-state index contributed by atoms with van der Waals surface area (Å²) < 4.78 is 5.22. The smallest absolute Gasteiger partial charge is 0.272 e. The predicted molar refractivity (Wildman–Crippen MR) is 123 cm³/mol. The van der Waals surface area contributed by atoms with E-state index in [2.05, 4.69) is 20.3 Å². The molecule has 1 saturated heterocycles. The number of ether oxygens (including phenoxy) is 1. The highest BCUT2D eigenvalue weighted by atomic mass is 16.5. The lowest BCUT2D eigenvalue weighted by atomic mass is 9.96. The molecule has 0 aliphatic carbocycles. The lowest BCUT2D eigenvalue weighted by Crippen LogP contribution is -2.40. The Labute approximate surface area is 193 Å². The van der Waals surface area contributed by atoms with E-state index in [0.717, 1.165) is 24.2 Å². The molecule has 0 spiro atoms. The molecule has 0 saturated carbocycles. The van der Waals surface area contributed by atoms with Crippen molar-refractivity contribution in [2.24, 2.45) is 0 Å². The number of hydrogen-bond acceptors (Lipinski definition) is 6. The maximum absolute atomic E-state index is 12.8. The zero-order valence-electron chi connectivity index (χ0n) is 18.8. The van der Waals surface area contributed by atoms with Crippen molar-refractivity contribution in [3.8, 4) is 5.75 Å². The minimum Gasteiger partial charge on any atom is -0.497 e. The molecule has 1 atom stereocenters. The van der Waals surface area contributed by atoms with Gasteiger partial charge in [-0.2, -0.15) is 0 Å². The fourth-order valence-electron chi connectivity index (χ4n) is 3.99. The second kappa shape index (κ2) is 10.2. The van der Waals surface area contributed by atoms with Crippen LogP contribution >= 0.6 is 0 Å². The minimum atomic E-state index is -0.225. The molecule has 3 aromatic rings. The largest absolute Gasteiger partial charge is 0.497 e. The van der Waals surface area contributed by atoms with Crippen molar-refractivity contribution in [3.05, 3.63) is 83.2 Å². The van der Waals surface area contributed by atoms with Gasteiger partial charge in [0, 0.05) is 37.9 Å². The molecule has 1 aromatic carbocycles. The van der Waals surface area contributed by atoms with Crippen LogP contribution in [0.25, 0.3) is 0 Å². The van der Waals surface area contributed by atoms with Gasteiger partial charge in [0.25, 0.3) is 11.8 Å². The Morgan fingerprint density at radius 2 is 2.06 bits per heavy atom. The van der Waals surface area contributed by atoms with Gasteiger partial charge in [-0.3, -0.25) is 14.6 Å². The molecule has 1 fully saturated rings. The molecule has 0 bridgehead atoms. The van der Waals surface area contributed by atoms with Crippen molar-refractivity contribution in [1.29, 1.82) is 0 Å². The lowest BCUT2D eigenvalue weighted by Gasteiger charge is -2.32. The highest BCUT2D eigenvalue weighted by Crippen LogP contribution is 2.26. The van der Waals surface area contributed by atoms with Crippen LogP contribution in [0.3, 0.4) is 0 Å². The van der Waals surface area contributed by atoms with Crippen LogP contribution in [-0.2, 0) is 6.54 Å². The summed E-state index contributed by atoms with van der Waals surface area (Å²) in [6.07, 6.45) is 4.97. The van der Waals surface area contributed by atoms with E-state index in [0.29, 0.717) is 42.4 Å². The van der Waals surface area contributed by atoms with Gasteiger partial charge in [-0.15, -0.1) is 0 Å². The third kappa shape index (κ3) is 5.34. The zero-order chi connectivity index (χ0) is 23.2. The first-order valence-electron chi connectivity index (χ1n) is 11.0. The number of benzene rings is 1. The first-order chi connectivity index (χ1) is 16.0. The van der Waals surface area contributed by atoms with Crippen LogP contribution in [0.5, 0.6) is 5.75 Å². The van der Waals surface area contributed by atoms with Crippen molar-refractivity contribution in [2.45, 2.75) is 32.2 Å². The fourth-order valence-corrected chi connectivity index (χ4v) is 3.99. The normalized spacial score (nSPS) is 15.7.